The number of rotatable bonds is 4. The van der Waals surface area contributed by atoms with Crippen LogP contribution in [0, 0.1) is 5.82 Å². The molecule has 0 saturated carbocycles. The quantitative estimate of drug-likeness (QED) is 0.632. The van der Waals surface area contributed by atoms with E-state index in [2.05, 4.69) is 5.10 Å². The standard InChI is InChI=1S/C14H19FN2O2S/c1-11(2)16-17(14-6-7-20(18,19)10-14)9-12-4-3-5-13(15)8-12/h3-5,8,14H,6-7,9-10H2,1-2H3/t14-/m1/s1. The smallest absolute Gasteiger partial charge is 0.152 e. The first-order valence-electron chi connectivity index (χ1n) is 6.59. The number of hydrogen-bond acceptors (Lipinski definition) is 4. The van der Waals surface area contributed by atoms with E-state index in [9.17, 15) is 12.8 Å². The Balaban J connectivity index is 2.19. The SMILES string of the molecule is CC(C)=NN(Cc1cccc(F)c1)[C@@H]1CCS(=O)(=O)C1. The van der Waals surface area contributed by atoms with Crippen molar-refractivity contribution in [2.24, 2.45) is 5.10 Å². The molecule has 4 nitrogen and oxygen atoms in total. The van der Waals surface area contributed by atoms with E-state index in [4.69, 9.17) is 0 Å². The van der Waals surface area contributed by atoms with E-state index in [1.165, 1.54) is 12.1 Å². The van der Waals surface area contributed by atoms with Crippen molar-refractivity contribution >= 4 is 15.5 Å². The highest BCUT2D eigenvalue weighted by Crippen LogP contribution is 2.20. The summed E-state index contributed by atoms with van der Waals surface area (Å²) >= 11 is 0. The molecule has 1 aromatic carbocycles. The van der Waals surface area contributed by atoms with Gasteiger partial charge in [0.05, 0.1) is 24.1 Å². The second kappa shape index (κ2) is 5.91. The Morgan fingerprint density at radius 2 is 2.20 bits per heavy atom. The van der Waals surface area contributed by atoms with Gasteiger partial charge < -0.3 is 0 Å². The average Bonchev–Trinajstić information content (AvgIpc) is 2.68. The summed E-state index contributed by atoms with van der Waals surface area (Å²) in [6.45, 7) is 4.15. The van der Waals surface area contributed by atoms with Crippen LogP contribution in [-0.2, 0) is 16.4 Å². The van der Waals surface area contributed by atoms with Gasteiger partial charge in [-0.1, -0.05) is 12.1 Å². The average molecular weight is 298 g/mol. The highest BCUT2D eigenvalue weighted by molar-refractivity contribution is 7.91. The van der Waals surface area contributed by atoms with Crippen LogP contribution in [0.5, 0.6) is 0 Å². The molecule has 110 valence electrons. The highest BCUT2D eigenvalue weighted by atomic mass is 32.2. The molecular weight excluding hydrogens is 279 g/mol. The lowest BCUT2D eigenvalue weighted by molar-refractivity contribution is 0.213. The van der Waals surface area contributed by atoms with Crippen LogP contribution in [0.4, 0.5) is 4.39 Å². The molecule has 0 radical (unpaired) electrons. The Morgan fingerprint density at radius 3 is 2.75 bits per heavy atom. The van der Waals surface area contributed by atoms with Crippen LogP contribution in [0.3, 0.4) is 0 Å². The van der Waals surface area contributed by atoms with Gasteiger partial charge in [0, 0.05) is 5.71 Å². The van der Waals surface area contributed by atoms with Crippen LogP contribution < -0.4 is 0 Å². The van der Waals surface area contributed by atoms with Crippen LogP contribution >= 0.6 is 0 Å². The van der Waals surface area contributed by atoms with Gasteiger partial charge in [0.25, 0.3) is 0 Å². The van der Waals surface area contributed by atoms with E-state index >= 15 is 0 Å². The third-order valence-corrected chi connectivity index (χ3v) is 4.94. The lowest BCUT2D eigenvalue weighted by Gasteiger charge is -2.25. The molecule has 1 fully saturated rings. The van der Waals surface area contributed by atoms with Gasteiger partial charge in [0.15, 0.2) is 9.84 Å². The highest BCUT2D eigenvalue weighted by Gasteiger charge is 2.32. The molecule has 0 aliphatic carbocycles. The van der Waals surface area contributed by atoms with E-state index in [-0.39, 0.29) is 23.4 Å². The van der Waals surface area contributed by atoms with Crippen LogP contribution in [-0.4, -0.2) is 36.7 Å². The summed E-state index contributed by atoms with van der Waals surface area (Å²) in [5.41, 5.74) is 1.64. The van der Waals surface area contributed by atoms with Crippen molar-refractivity contribution < 1.29 is 12.8 Å². The molecule has 0 bridgehead atoms. The monoisotopic (exact) mass is 298 g/mol. The summed E-state index contributed by atoms with van der Waals surface area (Å²) in [6.07, 6.45) is 0.578. The largest absolute Gasteiger partial charge is 0.289 e. The number of sulfone groups is 1. The second-order valence-corrected chi connectivity index (χ2v) is 7.56. The summed E-state index contributed by atoms with van der Waals surface area (Å²) in [6, 6.07) is 6.19. The van der Waals surface area contributed by atoms with E-state index < -0.39 is 9.84 Å². The van der Waals surface area contributed by atoms with Crippen molar-refractivity contribution in [1.29, 1.82) is 0 Å². The van der Waals surface area contributed by atoms with Crippen molar-refractivity contribution in [2.75, 3.05) is 11.5 Å². The molecule has 1 aliphatic rings. The maximum atomic E-state index is 13.2. The van der Waals surface area contributed by atoms with Gasteiger partial charge in [0.1, 0.15) is 5.82 Å². The number of nitrogens with zero attached hydrogens (tertiary/aromatic N) is 2. The van der Waals surface area contributed by atoms with Crippen molar-refractivity contribution in [3.05, 3.63) is 35.6 Å². The Hall–Kier alpha value is -1.43. The van der Waals surface area contributed by atoms with Gasteiger partial charge in [-0.3, -0.25) is 5.01 Å². The molecule has 1 heterocycles. The molecule has 0 amide bonds. The number of hydrogen-bond donors (Lipinski definition) is 0. The van der Waals surface area contributed by atoms with Gasteiger partial charge in [-0.15, -0.1) is 0 Å². The first kappa shape index (κ1) is 15.0. The van der Waals surface area contributed by atoms with Crippen molar-refractivity contribution in [1.82, 2.24) is 5.01 Å². The molecule has 2 rings (SSSR count). The molecule has 1 aliphatic heterocycles. The predicted octanol–water partition coefficient (Wildman–Crippen LogP) is 2.21. The van der Waals surface area contributed by atoms with Gasteiger partial charge in [-0.2, -0.15) is 5.10 Å². The Morgan fingerprint density at radius 1 is 1.45 bits per heavy atom. The fourth-order valence-electron chi connectivity index (χ4n) is 2.34. The predicted molar refractivity (Wildman–Crippen MR) is 77.8 cm³/mol. The zero-order valence-electron chi connectivity index (χ0n) is 11.7. The summed E-state index contributed by atoms with van der Waals surface area (Å²) in [4.78, 5) is 0. The van der Waals surface area contributed by atoms with E-state index in [0.717, 1.165) is 11.3 Å². The Kier molecular flexibility index (Phi) is 4.42. The maximum Gasteiger partial charge on any atom is 0.152 e. The molecule has 1 saturated heterocycles. The third-order valence-electron chi connectivity index (χ3n) is 3.19. The second-order valence-electron chi connectivity index (χ2n) is 5.33. The van der Waals surface area contributed by atoms with Gasteiger partial charge in [0.2, 0.25) is 0 Å². The molecule has 0 spiro atoms. The lowest BCUT2D eigenvalue weighted by atomic mass is 10.2. The normalized spacial score (nSPS) is 20.6. The summed E-state index contributed by atoms with van der Waals surface area (Å²) in [5.74, 6) is 0.0352. The molecule has 0 unspecified atom stereocenters. The molecule has 6 heteroatoms. The Bertz CT molecular complexity index is 609. The molecular formula is C14H19FN2O2S. The minimum absolute atomic E-state index is 0.124. The first-order valence-corrected chi connectivity index (χ1v) is 8.41. The summed E-state index contributed by atoms with van der Waals surface area (Å²) in [7, 11) is -2.96. The van der Waals surface area contributed by atoms with Crippen LogP contribution in [0.1, 0.15) is 25.8 Å². The Labute approximate surface area is 119 Å². The van der Waals surface area contributed by atoms with Gasteiger partial charge in [-0.25, -0.2) is 12.8 Å². The topological polar surface area (TPSA) is 49.7 Å². The minimum atomic E-state index is -2.96. The lowest BCUT2D eigenvalue weighted by Crippen LogP contribution is -2.32. The van der Waals surface area contributed by atoms with E-state index in [1.807, 2.05) is 19.9 Å². The fourth-order valence-corrected chi connectivity index (χ4v) is 4.06. The zero-order valence-corrected chi connectivity index (χ0v) is 12.5. The third kappa shape index (κ3) is 4.03. The van der Waals surface area contributed by atoms with E-state index in [1.54, 1.807) is 11.1 Å². The fraction of sp³-hybridized carbons (Fsp3) is 0.500. The summed E-state index contributed by atoms with van der Waals surface area (Å²) < 4.78 is 36.4. The molecule has 1 atom stereocenters. The number of hydrazone groups is 1. The van der Waals surface area contributed by atoms with Crippen molar-refractivity contribution in [2.45, 2.75) is 32.9 Å². The van der Waals surface area contributed by atoms with Crippen LogP contribution in [0.2, 0.25) is 0 Å². The number of halogens is 1. The molecule has 20 heavy (non-hydrogen) atoms. The maximum absolute atomic E-state index is 13.2. The van der Waals surface area contributed by atoms with Crippen molar-refractivity contribution in [3.63, 3.8) is 0 Å². The molecule has 0 aromatic heterocycles. The molecule has 1 aromatic rings. The zero-order chi connectivity index (χ0) is 14.8. The molecule has 0 N–H and O–H groups in total. The first-order chi connectivity index (χ1) is 9.35. The van der Waals surface area contributed by atoms with E-state index in [0.29, 0.717) is 13.0 Å². The van der Waals surface area contributed by atoms with Crippen LogP contribution in [0.15, 0.2) is 29.4 Å². The summed E-state index contributed by atoms with van der Waals surface area (Å²) in [5, 5.41) is 6.19. The van der Waals surface area contributed by atoms with Crippen molar-refractivity contribution in [3.8, 4) is 0 Å². The minimum Gasteiger partial charge on any atom is -0.289 e. The van der Waals surface area contributed by atoms with Gasteiger partial charge in [-0.05, 0) is 38.0 Å². The van der Waals surface area contributed by atoms with Gasteiger partial charge >= 0.3 is 0 Å². The number of benzene rings is 1. The van der Waals surface area contributed by atoms with Crippen LogP contribution in [0.25, 0.3) is 0 Å².